The van der Waals surface area contributed by atoms with Gasteiger partial charge in [0.15, 0.2) is 0 Å². The van der Waals surface area contributed by atoms with Crippen molar-refractivity contribution in [3.8, 4) is 0 Å². The number of carboxylic acids is 1. The highest BCUT2D eigenvalue weighted by atomic mass is 127. The Bertz CT molecular complexity index is 1010. The summed E-state index contributed by atoms with van der Waals surface area (Å²) in [7, 11) is -4.19. The van der Waals surface area contributed by atoms with Gasteiger partial charge in [-0.05, 0) is 116 Å². The van der Waals surface area contributed by atoms with E-state index in [1.165, 1.54) is 0 Å². The number of hydrogen-bond donors (Lipinski definition) is 3. The average molecular weight is 903 g/mol. The smallest absolute Gasteiger partial charge is 0.337 e. The fourth-order valence-corrected chi connectivity index (χ4v) is 7.10. The second-order valence-corrected chi connectivity index (χ2v) is 12.7. The van der Waals surface area contributed by atoms with Crippen LogP contribution in [0.5, 0.6) is 0 Å². The highest BCUT2D eigenvalue weighted by Gasteiger charge is 2.32. The van der Waals surface area contributed by atoms with Gasteiger partial charge in [0.05, 0.1) is 17.0 Å². The SMILES string of the molecule is O=C(O)c1c(I)c(I)c(I)c(I)c1C(=O)NC1CCC(C(=O)OCCS(=O)(=O)O)CC1. The maximum Gasteiger partial charge on any atom is 0.337 e. The molecule has 0 unspecified atom stereocenters. The van der Waals surface area contributed by atoms with Crippen LogP contribution in [0.1, 0.15) is 46.4 Å². The number of amides is 1. The minimum Gasteiger partial charge on any atom is -0.478 e. The predicted molar refractivity (Wildman–Crippen MR) is 145 cm³/mol. The lowest BCUT2D eigenvalue weighted by Gasteiger charge is -2.28. The van der Waals surface area contributed by atoms with Crippen LogP contribution in [0.2, 0.25) is 0 Å². The molecule has 1 aromatic rings. The maximum absolute atomic E-state index is 13.0. The van der Waals surface area contributed by atoms with Crippen molar-refractivity contribution in [2.24, 2.45) is 5.92 Å². The van der Waals surface area contributed by atoms with Gasteiger partial charge in [0, 0.05) is 20.3 Å². The molecule has 0 spiro atoms. The number of esters is 1. The normalized spacial score (nSPS) is 19.0. The molecule has 9 nitrogen and oxygen atoms in total. The van der Waals surface area contributed by atoms with Crippen molar-refractivity contribution < 1.29 is 37.2 Å². The molecule has 0 saturated heterocycles. The number of hydrogen-bond acceptors (Lipinski definition) is 6. The van der Waals surface area contributed by atoms with Gasteiger partial charge in [-0.3, -0.25) is 14.1 Å². The van der Waals surface area contributed by atoms with Crippen molar-refractivity contribution in [3.05, 3.63) is 25.4 Å². The van der Waals surface area contributed by atoms with E-state index in [4.69, 9.17) is 9.29 Å². The average Bonchev–Trinajstić information content (AvgIpc) is 2.68. The Hall–Kier alpha value is 0.460. The first-order chi connectivity index (χ1) is 14.3. The number of carbonyl (C=O) groups excluding carboxylic acids is 2. The quantitative estimate of drug-likeness (QED) is 0.124. The van der Waals surface area contributed by atoms with E-state index in [0.717, 1.165) is 7.14 Å². The summed E-state index contributed by atoms with van der Waals surface area (Å²) >= 11 is 8.08. The van der Waals surface area contributed by atoms with Crippen molar-refractivity contribution in [2.75, 3.05) is 12.4 Å². The largest absolute Gasteiger partial charge is 0.478 e. The van der Waals surface area contributed by atoms with E-state index < -0.39 is 46.2 Å². The van der Waals surface area contributed by atoms with Crippen LogP contribution in [0.3, 0.4) is 0 Å². The van der Waals surface area contributed by atoms with Gasteiger partial charge in [0.2, 0.25) is 0 Å². The van der Waals surface area contributed by atoms with Gasteiger partial charge in [-0.25, -0.2) is 4.79 Å². The van der Waals surface area contributed by atoms with Gasteiger partial charge in [-0.15, -0.1) is 0 Å². The number of rotatable bonds is 7. The van der Waals surface area contributed by atoms with Crippen LogP contribution in [0, 0.1) is 20.2 Å². The predicted octanol–water partition coefficient (Wildman–Crippen LogP) is 3.52. The summed E-state index contributed by atoms with van der Waals surface area (Å²) in [5.74, 6) is -3.23. The molecule has 0 radical (unpaired) electrons. The summed E-state index contributed by atoms with van der Waals surface area (Å²) in [5, 5.41) is 12.5. The Kier molecular flexibility index (Phi) is 10.5. The van der Waals surface area contributed by atoms with E-state index in [1.54, 1.807) is 0 Å². The molecule has 0 bridgehead atoms. The maximum atomic E-state index is 13.0. The Morgan fingerprint density at radius 1 is 0.935 bits per heavy atom. The molecule has 0 atom stereocenters. The molecule has 1 amide bonds. The van der Waals surface area contributed by atoms with Gasteiger partial charge in [0.25, 0.3) is 16.0 Å². The molecule has 172 valence electrons. The summed E-state index contributed by atoms with van der Waals surface area (Å²) in [6.07, 6.45) is 1.89. The first kappa shape index (κ1) is 27.7. The summed E-state index contributed by atoms with van der Waals surface area (Å²) in [6.45, 7) is -0.408. The van der Waals surface area contributed by atoms with Crippen molar-refractivity contribution in [2.45, 2.75) is 31.7 Å². The zero-order valence-electron chi connectivity index (χ0n) is 15.7. The number of carboxylic acid groups (broad SMARTS) is 1. The molecular formula is C17H17I4NO8S. The molecule has 3 N–H and O–H groups in total. The zero-order valence-corrected chi connectivity index (χ0v) is 25.1. The lowest BCUT2D eigenvalue weighted by atomic mass is 9.86. The number of aromatic carboxylic acids is 1. The van der Waals surface area contributed by atoms with Crippen LogP contribution < -0.4 is 5.32 Å². The zero-order chi connectivity index (χ0) is 23.5. The van der Waals surface area contributed by atoms with Gasteiger partial charge in [0.1, 0.15) is 12.4 Å². The number of benzene rings is 1. The van der Waals surface area contributed by atoms with Gasteiger partial charge in [-0.2, -0.15) is 8.42 Å². The first-order valence-corrected chi connectivity index (χ1v) is 14.8. The lowest BCUT2D eigenvalue weighted by Crippen LogP contribution is -2.40. The third-order valence-corrected chi connectivity index (χ3v) is 12.8. The van der Waals surface area contributed by atoms with Crippen molar-refractivity contribution in [3.63, 3.8) is 0 Å². The topological polar surface area (TPSA) is 147 Å². The second-order valence-electron chi connectivity index (χ2n) is 6.79. The molecule has 0 aromatic heterocycles. The highest BCUT2D eigenvalue weighted by molar-refractivity contribution is 14.1. The molecule has 1 aliphatic rings. The van der Waals surface area contributed by atoms with Gasteiger partial charge >= 0.3 is 11.9 Å². The second kappa shape index (κ2) is 11.7. The summed E-state index contributed by atoms with van der Waals surface area (Å²) in [4.78, 5) is 36.8. The monoisotopic (exact) mass is 903 g/mol. The van der Waals surface area contributed by atoms with Gasteiger partial charge in [-0.1, -0.05) is 0 Å². The first-order valence-electron chi connectivity index (χ1n) is 8.85. The van der Waals surface area contributed by atoms with E-state index in [9.17, 15) is 27.9 Å². The van der Waals surface area contributed by atoms with Crippen LogP contribution in [0.25, 0.3) is 0 Å². The van der Waals surface area contributed by atoms with Crippen molar-refractivity contribution >= 4 is 118 Å². The molecule has 2 rings (SSSR count). The van der Waals surface area contributed by atoms with E-state index in [1.807, 2.05) is 45.2 Å². The van der Waals surface area contributed by atoms with Crippen molar-refractivity contribution in [1.29, 1.82) is 0 Å². The standard InChI is InChI=1S/C17H17I4NO8S/c18-11-9(10(16(24)25)12(19)14(21)13(11)20)15(23)22-8-3-1-7(2-4-8)17(26)30-5-6-31(27,28)29/h7-8H,1-6H2,(H,22,23)(H,24,25)(H,27,28,29). The molecule has 1 saturated carbocycles. The summed E-state index contributed by atoms with van der Waals surface area (Å²) in [6, 6.07) is -0.221. The van der Waals surface area contributed by atoms with Crippen LogP contribution in [-0.4, -0.2) is 54.3 Å². The van der Waals surface area contributed by atoms with E-state index in [0.29, 0.717) is 32.8 Å². The van der Waals surface area contributed by atoms with E-state index in [-0.39, 0.29) is 17.2 Å². The fraction of sp³-hybridized carbons (Fsp3) is 0.471. The van der Waals surface area contributed by atoms with Crippen LogP contribution in [-0.2, 0) is 19.6 Å². The van der Waals surface area contributed by atoms with Crippen molar-refractivity contribution in [1.82, 2.24) is 5.32 Å². The minimum atomic E-state index is -4.19. The Morgan fingerprint density at radius 3 is 1.94 bits per heavy atom. The number of carbonyl (C=O) groups is 3. The Labute approximate surface area is 233 Å². The molecule has 0 aliphatic heterocycles. The van der Waals surface area contributed by atoms with Gasteiger partial charge < -0.3 is 15.2 Å². The van der Waals surface area contributed by atoms with Crippen LogP contribution in [0.4, 0.5) is 0 Å². The number of nitrogens with one attached hydrogen (secondary N) is 1. The van der Waals surface area contributed by atoms with Crippen LogP contribution >= 0.6 is 90.4 Å². The van der Waals surface area contributed by atoms with E-state index >= 15 is 0 Å². The molecule has 14 heteroatoms. The summed E-state index contributed by atoms with van der Waals surface area (Å²) in [5.41, 5.74) is 0.109. The highest BCUT2D eigenvalue weighted by Crippen LogP contribution is 2.33. The van der Waals surface area contributed by atoms with E-state index in [2.05, 4.69) is 50.5 Å². The minimum absolute atomic E-state index is 0.0246. The number of ether oxygens (including phenoxy) is 1. The van der Waals surface area contributed by atoms with Crippen LogP contribution in [0.15, 0.2) is 0 Å². The molecule has 1 aliphatic carbocycles. The third-order valence-electron chi connectivity index (χ3n) is 4.69. The molecular weight excluding hydrogens is 886 g/mol. The third kappa shape index (κ3) is 7.47. The Balaban J connectivity index is 2.03. The molecule has 1 aromatic carbocycles. The molecule has 0 heterocycles. The summed E-state index contributed by atoms with van der Waals surface area (Å²) < 4.78 is 37.6. The fourth-order valence-electron chi connectivity index (χ4n) is 3.14. The molecule has 31 heavy (non-hydrogen) atoms. The molecule has 1 fully saturated rings. The lowest BCUT2D eigenvalue weighted by molar-refractivity contribution is -0.149. The number of halogens is 4. The Morgan fingerprint density at radius 2 is 1.45 bits per heavy atom.